The van der Waals surface area contributed by atoms with Crippen molar-refractivity contribution in [3.05, 3.63) is 0 Å². The Morgan fingerprint density at radius 2 is 0.344 bits per heavy atom. The first kappa shape index (κ1) is 42.4. The molecule has 0 spiro atoms. The second-order valence-electron chi connectivity index (χ2n) is 2.86. The van der Waals surface area contributed by atoms with E-state index in [0.29, 0.717) is 0 Å². The van der Waals surface area contributed by atoms with Gasteiger partial charge in [0.2, 0.25) is 62.4 Å². The quantitative estimate of drug-likeness (QED) is 0.0714. The monoisotopic (exact) mass is 688 g/mol. The summed E-state index contributed by atoms with van der Waals surface area (Å²) in [6, 6.07) is 0. The molecule has 0 bridgehead atoms. The van der Waals surface area contributed by atoms with E-state index in [1.807, 2.05) is 0 Å². The van der Waals surface area contributed by atoms with Crippen molar-refractivity contribution in [2.45, 2.75) is 0 Å². The molecule has 2 radical (unpaired) electrons. The number of hydrogen-bond donors (Lipinski definition) is 0. The van der Waals surface area contributed by atoms with Crippen molar-refractivity contribution >= 4 is 62.4 Å². The van der Waals surface area contributed by atoms with Gasteiger partial charge in [0.05, 0.1) is 0 Å². The molecule has 0 rings (SSSR count). The van der Waals surface area contributed by atoms with E-state index in [2.05, 4.69) is 26.0 Å². The van der Waals surface area contributed by atoms with Gasteiger partial charge in [-0.25, -0.2) is 50.5 Å². The van der Waals surface area contributed by atoms with Gasteiger partial charge >= 0.3 is 34.1 Å². The molecule has 32 heavy (non-hydrogen) atoms. The van der Waals surface area contributed by atoms with Gasteiger partial charge < -0.3 is 27.3 Å². The van der Waals surface area contributed by atoms with Crippen LogP contribution in [0.25, 0.3) is 0 Å². The summed E-state index contributed by atoms with van der Waals surface area (Å²) in [5, 5.41) is 0. The zero-order chi connectivity index (χ0) is 25.2. The summed E-state index contributed by atoms with van der Waals surface area (Å²) >= 11 is 0. The molecule has 0 unspecified atom stereocenters. The van der Waals surface area contributed by atoms with E-state index in [9.17, 15) is 77.8 Å². The van der Waals surface area contributed by atoms with Crippen LogP contribution in [-0.4, -0.2) is 77.8 Å². The Bertz CT molecular complexity index is 893. The van der Waals surface area contributed by atoms with E-state index in [-0.39, 0.29) is 34.1 Å². The molecule has 0 saturated carbocycles. The first-order chi connectivity index (χ1) is 12.6. The minimum atomic E-state index is -5.31. The Kier molecular flexibility index (Phi) is 21.2. The van der Waals surface area contributed by atoms with Gasteiger partial charge in [-0.15, -0.1) is 26.0 Å². The van der Waals surface area contributed by atoms with Gasteiger partial charge in [0.1, 0.15) is 0 Å². The summed E-state index contributed by atoms with van der Waals surface area (Å²) in [7, 11) is -31.9. The van der Waals surface area contributed by atoms with E-state index in [0.717, 1.165) is 0 Å². The first-order valence-corrected chi connectivity index (χ1v) is 12.5. The third kappa shape index (κ3) is 57.3. The number of rotatable bonds is 9. The zero-order valence-electron chi connectivity index (χ0n) is 13.0. The second-order valence-corrected chi connectivity index (χ2v) is 8.57. The van der Waals surface area contributed by atoms with Crippen LogP contribution in [0.1, 0.15) is 0 Å². The predicted octanol–water partition coefficient (Wildman–Crippen LogP) is -6.44. The van der Waals surface area contributed by atoms with Gasteiger partial charge in [0, 0.05) is 0 Å². The van der Waals surface area contributed by atoms with Gasteiger partial charge in [0.15, 0.2) is 0 Å². The van der Waals surface area contributed by atoms with Crippen molar-refractivity contribution in [3.8, 4) is 0 Å². The molecule has 0 atom stereocenters. The molecular formula is Fe2O24S6. The van der Waals surface area contributed by atoms with Crippen LogP contribution in [0.3, 0.4) is 0 Å². The van der Waals surface area contributed by atoms with Crippen LogP contribution >= 0.6 is 0 Å². The van der Waals surface area contributed by atoms with Crippen molar-refractivity contribution in [2.24, 2.45) is 0 Å². The third-order valence-electron chi connectivity index (χ3n) is 0.583. The fourth-order valence-corrected chi connectivity index (χ4v) is 1.84. The SMILES string of the molecule is O=S(=O)([O-])OOS(=O)(=O)[O-].O=S(=O)([O-])OOS(=O)(=O)[O-].O=S(=O)([O-])OOS(=O)(=O)[O-].[Fe+3].[Fe+3]. The Labute approximate surface area is 199 Å². The average molecular weight is 688 g/mol. The van der Waals surface area contributed by atoms with Crippen LogP contribution in [-0.2, 0) is 123 Å². The summed E-state index contributed by atoms with van der Waals surface area (Å²) < 4.78 is 184. The normalized spacial score (nSPS) is 12.6. The molecule has 0 aliphatic carbocycles. The fourth-order valence-electron chi connectivity index (χ4n) is 0.204. The molecule has 196 valence electrons. The maximum atomic E-state index is 9.37. The van der Waals surface area contributed by atoms with E-state index in [4.69, 9.17) is 0 Å². The standard InChI is InChI=1S/2Fe.3H2O8S2/c;;3*1-9(2,3)7-8-10(4,5)6/h;;3*(H,1,2,3)(H,4,5,6)/q2*+3;;;/p-6. The molecule has 0 N–H and O–H groups in total. The molecule has 0 aromatic heterocycles. The topological polar surface area (TPSA) is 399 Å². The smallest absolute Gasteiger partial charge is 0.724 e. The minimum absolute atomic E-state index is 0. The molecule has 0 aromatic carbocycles. The van der Waals surface area contributed by atoms with Gasteiger partial charge in [-0.2, -0.15) is 0 Å². The van der Waals surface area contributed by atoms with Crippen molar-refractivity contribution in [1.82, 2.24) is 0 Å². The van der Waals surface area contributed by atoms with Crippen LogP contribution in [0.5, 0.6) is 0 Å². The summed E-state index contributed by atoms with van der Waals surface area (Å²) in [4.78, 5) is 0. The Morgan fingerprint density at radius 3 is 0.375 bits per heavy atom. The predicted molar refractivity (Wildman–Crippen MR) is 64.7 cm³/mol. The van der Waals surface area contributed by atoms with E-state index in [1.165, 1.54) is 0 Å². The van der Waals surface area contributed by atoms with Crippen molar-refractivity contribution in [1.29, 1.82) is 0 Å². The Balaban J connectivity index is -0.000000110. The fraction of sp³-hybridized carbons (Fsp3) is 0. The van der Waals surface area contributed by atoms with Crippen LogP contribution in [0.15, 0.2) is 0 Å². The number of hydrogen-bond acceptors (Lipinski definition) is 24. The summed E-state index contributed by atoms with van der Waals surface area (Å²) in [5.74, 6) is 0. The molecule has 0 fully saturated rings. The van der Waals surface area contributed by atoms with E-state index >= 15 is 0 Å². The third-order valence-corrected chi connectivity index (χ3v) is 2.25. The van der Waals surface area contributed by atoms with Crippen molar-refractivity contribution in [2.75, 3.05) is 0 Å². The second kappa shape index (κ2) is 16.0. The van der Waals surface area contributed by atoms with Crippen LogP contribution in [0, 0.1) is 0 Å². The van der Waals surface area contributed by atoms with E-state index in [1.54, 1.807) is 0 Å². The maximum Gasteiger partial charge on any atom is 3.00 e. The summed E-state index contributed by atoms with van der Waals surface area (Å²) in [5.41, 5.74) is 0. The van der Waals surface area contributed by atoms with Crippen molar-refractivity contribution in [3.63, 3.8) is 0 Å². The van der Waals surface area contributed by atoms with Gasteiger partial charge in [-0.3, -0.25) is 0 Å². The molecule has 32 heteroatoms. The molecule has 0 heterocycles. The van der Waals surface area contributed by atoms with Crippen LogP contribution in [0.4, 0.5) is 0 Å². The minimum Gasteiger partial charge on any atom is -0.724 e. The Hall–Kier alpha value is 0.259. The molecular weight excluding hydrogens is 688 g/mol. The molecule has 0 aromatic rings. The molecule has 0 saturated heterocycles. The zero-order valence-corrected chi connectivity index (χ0v) is 20.1. The molecule has 24 nitrogen and oxygen atoms in total. The average Bonchev–Trinajstić information content (AvgIpc) is 2.38. The Morgan fingerprint density at radius 1 is 0.281 bits per heavy atom. The summed E-state index contributed by atoms with van der Waals surface area (Å²) in [6.45, 7) is 0. The van der Waals surface area contributed by atoms with E-state index < -0.39 is 62.4 Å². The first-order valence-electron chi connectivity index (χ1n) is 4.50. The van der Waals surface area contributed by atoms with Crippen LogP contribution < -0.4 is 0 Å². The van der Waals surface area contributed by atoms with Gasteiger partial charge in [0.25, 0.3) is 0 Å². The van der Waals surface area contributed by atoms with Gasteiger partial charge in [-0.05, 0) is 0 Å². The largest absolute Gasteiger partial charge is 3.00 e. The van der Waals surface area contributed by atoms with Gasteiger partial charge in [-0.1, -0.05) is 0 Å². The van der Waals surface area contributed by atoms with Crippen LogP contribution in [0.2, 0.25) is 0 Å². The summed E-state index contributed by atoms with van der Waals surface area (Å²) in [6.07, 6.45) is 0. The molecule has 0 amide bonds. The maximum absolute atomic E-state index is 9.37. The molecule has 0 aliphatic heterocycles. The van der Waals surface area contributed by atoms with Crippen molar-refractivity contribution < 1.29 is 138 Å². The molecule has 0 aliphatic rings.